The molecule has 0 heterocycles. The van der Waals surface area contributed by atoms with Gasteiger partial charge in [0.15, 0.2) is 0 Å². The van der Waals surface area contributed by atoms with Crippen LogP contribution in [0.3, 0.4) is 0 Å². The van der Waals surface area contributed by atoms with Crippen LogP contribution in [0.15, 0.2) is 18.2 Å². The molecule has 126 valence electrons. The third-order valence-electron chi connectivity index (χ3n) is 3.81. The van der Waals surface area contributed by atoms with Gasteiger partial charge in [-0.05, 0) is 25.0 Å². The maximum atomic E-state index is 13.3. The lowest BCUT2D eigenvalue weighted by atomic mass is 9.66. The Morgan fingerprint density at radius 2 is 1.96 bits per heavy atom. The van der Waals surface area contributed by atoms with Gasteiger partial charge in [0, 0.05) is 12.5 Å². The Morgan fingerprint density at radius 1 is 1.30 bits per heavy atom. The molecule has 0 spiro atoms. The molecule has 0 saturated heterocycles. The Bertz CT molecular complexity index is 744. The third kappa shape index (κ3) is 4.19. The fourth-order valence-electron chi connectivity index (χ4n) is 2.48. The lowest BCUT2D eigenvalue weighted by Gasteiger charge is -2.36. The molecule has 1 amide bonds. The number of rotatable bonds is 6. The van der Waals surface area contributed by atoms with Gasteiger partial charge in [-0.25, -0.2) is 12.8 Å². The van der Waals surface area contributed by atoms with Crippen molar-refractivity contribution in [2.24, 2.45) is 5.41 Å². The number of carboxylic acid groups (broad SMARTS) is 1. The predicted molar refractivity (Wildman–Crippen MR) is 82.0 cm³/mol. The van der Waals surface area contributed by atoms with E-state index in [9.17, 15) is 27.5 Å². The molecule has 3 N–H and O–H groups in total. The first kappa shape index (κ1) is 17.2. The zero-order valence-corrected chi connectivity index (χ0v) is 13.2. The smallest absolute Gasteiger partial charge is 0.310 e. The minimum absolute atomic E-state index is 0.0710. The number of nitrogens with one attached hydrogen (secondary N) is 2. The molecule has 0 bridgehead atoms. The summed E-state index contributed by atoms with van der Waals surface area (Å²) >= 11 is 0. The summed E-state index contributed by atoms with van der Waals surface area (Å²) in [6.45, 7) is 0. The topological polar surface area (TPSA) is 113 Å². The van der Waals surface area contributed by atoms with Crippen molar-refractivity contribution in [3.8, 4) is 0 Å². The van der Waals surface area contributed by atoms with Gasteiger partial charge in [0.25, 0.3) is 0 Å². The first-order valence-electron chi connectivity index (χ1n) is 6.92. The van der Waals surface area contributed by atoms with Crippen LogP contribution in [-0.2, 0) is 19.6 Å². The average molecular weight is 344 g/mol. The van der Waals surface area contributed by atoms with Gasteiger partial charge in [-0.2, -0.15) is 0 Å². The Morgan fingerprint density at radius 3 is 2.43 bits per heavy atom. The molecule has 2 rings (SSSR count). The second kappa shape index (κ2) is 6.15. The number of sulfonamides is 1. The number of hydrogen-bond donors (Lipinski definition) is 3. The zero-order chi connectivity index (χ0) is 17.3. The molecule has 0 unspecified atom stereocenters. The highest BCUT2D eigenvalue weighted by Crippen LogP contribution is 2.44. The van der Waals surface area contributed by atoms with Gasteiger partial charge in [0.05, 0.1) is 23.0 Å². The molecule has 1 fully saturated rings. The average Bonchev–Trinajstić information content (AvgIpc) is 2.35. The van der Waals surface area contributed by atoms with E-state index in [1.165, 1.54) is 6.07 Å². The fraction of sp³-hybridized carbons (Fsp3) is 0.429. The first-order chi connectivity index (χ1) is 10.6. The standard InChI is InChI=1S/C14H17FN2O5S/c1-23(21,22)17-11-7-9(15)3-4-10(11)16-12(18)8-14(13(19)20)5-2-6-14/h3-4,7,17H,2,5-6,8H2,1H3,(H,16,18)(H,19,20). The monoisotopic (exact) mass is 344 g/mol. The maximum Gasteiger partial charge on any atom is 0.310 e. The van der Waals surface area contributed by atoms with Crippen molar-refractivity contribution in [3.63, 3.8) is 0 Å². The Hall–Kier alpha value is -2.16. The van der Waals surface area contributed by atoms with E-state index in [1.54, 1.807) is 0 Å². The van der Waals surface area contributed by atoms with Crippen molar-refractivity contribution < 1.29 is 27.5 Å². The van der Waals surface area contributed by atoms with Crippen molar-refractivity contribution in [3.05, 3.63) is 24.0 Å². The van der Waals surface area contributed by atoms with E-state index < -0.39 is 33.1 Å². The van der Waals surface area contributed by atoms with E-state index in [-0.39, 0.29) is 17.8 Å². The van der Waals surface area contributed by atoms with Crippen molar-refractivity contribution >= 4 is 33.3 Å². The van der Waals surface area contributed by atoms with Crippen LogP contribution in [0.2, 0.25) is 0 Å². The van der Waals surface area contributed by atoms with Crippen molar-refractivity contribution in [2.75, 3.05) is 16.3 Å². The Labute approximate surface area is 132 Å². The molecule has 1 aromatic rings. The second-order valence-corrected chi connectivity index (χ2v) is 7.48. The minimum atomic E-state index is -3.66. The van der Waals surface area contributed by atoms with Gasteiger partial charge in [0.2, 0.25) is 15.9 Å². The van der Waals surface area contributed by atoms with Crippen molar-refractivity contribution in [2.45, 2.75) is 25.7 Å². The number of carboxylic acids is 1. The number of hydrogen-bond acceptors (Lipinski definition) is 4. The molecule has 0 aliphatic heterocycles. The molecule has 0 radical (unpaired) electrons. The molecule has 1 aliphatic rings. The van der Waals surface area contributed by atoms with Crippen LogP contribution in [0.25, 0.3) is 0 Å². The van der Waals surface area contributed by atoms with E-state index in [0.717, 1.165) is 24.8 Å². The number of amides is 1. The molecule has 1 aromatic carbocycles. The molecule has 0 atom stereocenters. The van der Waals surface area contributed by atoms with Crippen LogP contribution >= 0.6 is 0 Å². The number of aliphatic carboxylic acids is 1. The molecular weight excluding hydrogens is 327 g/mol. The van der Waals surface area contributed by atoms with Gasteiger partial charge in [-0.15, -0.1) is 0 Å². The second-order valence-electron chi connectivity index (χ2n) is 5.73. The highest BCUT2D eigenvalue weighted by Gasteiger charge is 2.45. The highest BCUT2D eigenvalue weighted by molar-refractivity contribution is 7.92. The largest absolute Gasteiger partial charge is 0.481 e. The maximum absolute atomic E-state index is 13.3. The fourth-order valence-corrected chi connectivity index (χ4v) is 3.05. The van der Waals surface area contributed by atoms with Crippen LogP contribution in [0.5, 0.6) is 0 Å². The first-order valence-corrected chi connectivity index (χ1v) is 8.81. The van der Waals surface area contributed by atoms with Crippen molar-refractivity contribution in [1.82, 2.24) is 0 Å². The molecule has 1 saturated carbocycles. The quantitative estimate of drug-likeness (QED) is 0.728. The van der Waals surface area contributed by atoms with E-state index in [0.29, 0.717) is 12.8 Å². The van der Waals surface area contributed by atoms with Gasteiger partial charge >= 0.3 is 5.97 Å². The number of carbonyl (C=O) groups excluding carboxylic acids is 1. The van der Waals surface area contributed by atoms with Gasteiger partial charge in [-0.3, -0.25) is 14.3 Å². The van der Waals surface area contributed by atoms with Crippen LogP contribution in [0.4, 0.5) is 15.8 Å². The number of halogens is 1. The van der Waals surface area contributed by atoms with Gasteiger partial charge in [-0.1, -0.05) is 6.42 Å². The van der Waals surface area contributed by atoms with Crippen LogP contribution in [-0.4, -0.2) is 31.7 Å². The van der Waals surface area contributed by atoms with Crippen molar-refractivity contribution in [1.29, 1.82) is 0 Å². The summed E-state index contributed by atoms with van der Waals surface area (Å²) < 4.78 is 38.0. The lowest BCUT2D eigenvalue weighted by Crippen LogP contribution is -2.41. The molecular formula is C14H17FN2O5S. The molecule has 1 aliphatic carbocycles. The SMILES string of the molecule is CS(=O)(=O)Nc1cc(F)ccc1NC(=O)CC1(C(=O)O)CCC1. The normalized spacial score (nSPS) is 16.3. The number of anilines is 2. The van der Waals surface area contributed by atoms with E-state index in [4.69, 9.17) is 0 Å². The van der Waals surface area contributed by atoms with Crippen LogP contribution in [0, 0.1) is 11.2 Å². The molecule has 7 nitrogen and oxygen atoms in total. The van der Waals surface area contributed by atoms with Gasteiger partial charge < -0.3 is 10.4 Å². The molecule has 9 heteroatoms. The third-order valence-corrected chi connectivity index (χ3v) is 4.41. The van der Waals surface area contributed by atoms with Crippen LogP contribution < -0.4 is 10.0 Å². The number of carbonyl (C=O) groups is 2. The summed E-state index contributed by atoms with van der Waals surface area (Å²) in [6, 6.07) is 3.22. The van der Waals surface area contributed by atoms with Crippen LogP contribution in [0.1, 0.15) is 25.7 Å². The summed E-state index contributed by atoms with van der Waals surface area (Å²) in [5.41, 5.74) is -1.10. The number of benzene rings is 1. The lowest BCUT2D eigenvalue weighted by molar-refractivity contribution is -0.157. The van der Waals surface area contributed by atoms with E-state index in [1.807, 2.05) is 0 Å². The summed E-state index contributed by atoms with van der Waals surface area (Å²) in [6.07, 6.45) is 2.29. The molecule has 23 heavy (non-hydrogen) atoms. The Balaban J connectivity index is 2.16. The summed E-state index contributed by atoms with van der Waals surface area (Å²) in [5.74, 6) is -2.25. The Kier molecular flexibility index (Phi) is 4.60. The highest BCUT2D eigenvalue weighted by atomic mass is 32.2. The van der Waals surface area contributed by atoms with Gasteiger partial charge in [0.1, 0.15) is 5.82 Å². The minimum Gasteiger partial charge on any atom is -0.481 e. The summed E-state index contributed by atoms with van der Waals surface area (Å²) in [7, 11) is -3.66. The van der Waals surface area contributed by atoms with E-state index in [2.05, 4.69) is 10.0 Å². The molecule has 0 aromatic heterocycles. The predicted octanol–water partition coefficient (Wildman–Crippen LogP) is 1.78. The zero-order valence-electron chi connectivity index (χ0n) is 12.4. The van der Waals surface area contributed by atoms with E-state index >= 15 is 0 Å². The summed E-state index contributed by atoms with van der Waals surface area (Å²) in [4.78, 5) is 23.4. The summed E-state index contributed by atoms with van der Waals surface area (Å²) in [5, 5.41) is 11.7.